The van der Waals surface area contributed by atoms with Crippen LogP contribution in [0, 0.1) is 5.92 Å². The van der Waals surface area contributed by atoms with Crippen molar-refractivity contribution in [3.8, 4) is 0 Å². The first kappa shape index (κ1) is 15.4. The summed E-state index contributed by atoms with van der Waals surface area (Å²) in [6.45, 7) is 1.57. The molecule has 1 aliphatic heterocycles. The second-order valence-electron chi connectivity index (χ2n) is 6.04. The van der Waals surface area contributed by atoms with Crippen molar-refractivity contribution >= 4 is 28.6 Å². The predicted octanol–water partition coefficient (Wildman–Crippen LogP) is 2.27. The number of carbonyl (C=O) groups excluding carboxylic acids is 1. The highest BCUT2D eigenvalue weighted by atomic mass is 16.2. The average molecular weight is 334 g/mol. The first-order valence-corrected chi connectivity index (χ1v) is 8.34. The Hall–Kier alpha value is -3.09. The average Bonchev–Trinajstić information content (AvgIpc) is 2.68. The quantitative estimate of drug-likeness (QED) is 0.791. The zero-order valence-corrected chi connectivity index (χ0v) is 13.7. The van der Waals surface area contributed by atoms with E-state index in [1.54, 1.807) is 24.8 Å². The lowest BCUT2D eigenvalue weighted by Crippen LogP contribution is -2.38. The molecule has 1 saturated heterocycles. The molecule has 1 aliphatic rings. The van der Waals surface area contributed by atoms with E-state index in [4.69, 9.17) is 0 Å². The summed E-state index contributed by atoms with van der Waals surface area (Å²) in [6, 6.07) is 9.72. The number of carbonyl (C=O) groups is 1. The fraction of sp³-hybridized carbons (Fsp3) is 0.278. The van der Waals surface area contributed by atoms with Crippen LogP contribution in [-0.4, -0.2) is 38.9 Å². The van der Waals surface area contributed by atoms with E-state index in [1.165, 1.54) is 0 Å². The number of rotatable bonds is 3. The molecule has 2 aromatic heterocycles. The highest BCUT2D eigenvalue weighted by Crippen LogP contribution is 2.27. The number of para-hydroxylation sites is 1. The number of piperidine rings is 1. The number of fused-ring (bicyclic) bond motifs is 1. The molecule has 1 fully saturated rings. The van der Waals surface area contributed by atoms with Crippen molar-refractivity contribution in [2.45, 2.75) is 12.8 Å². The Morgan fingerprint density at radius 2 is 1.76 bits per heavy atom. The number of nitrogens with one attached hydrogen (secondary N) is 1. The molecule has 0 bridgehead atoms. The van der Waals surface area contributed by atoms with Crippen LogP contribution in [0.1, 0.15) is 12.8 Å². The standard InChI is InChI=1S/C18H18N6O/c25-17(23-18-19-8-3-9-20-18)13-6-10-24(11-7-13)16-14-4-1-2-5-15(14)21-12-22-16/h1-5,8-9,12-13H,6-7,10-11H2,(H,19,20,23,25). The van der Waals surface area contributed by atoms with E-state index in [9.17, 15) is 4.79 Å². The van der Waals surface area contributed by atoms with Crippen molar-refractivity contribution in [3.63, 3.8) is 0 Å². The summed E-state index contributed by atoms with van der Waals surface area (Å²) in [5.41, 5.74) is 0.939. The summed E-state index contributed by atoms with van der Waals surface area (Å²) in [6.07, 6.45) is 6.38. The van der Waals surface area contributed by atoms with E-state index in [-0.39, 0.29) is 11.8 Å². The zero-order chi connectivity index (χ0) is 17.1. The predicted molar refractivity (Wildman–Crippen MR) is 95.1 cm³/mol. The number of anilines is 2. The summed E-state index contributed by atoms with van der Waals surface area (Å²) in [7, 11) is 0. The molecule has 25 heavy (non-hydrogen) atoms. The minimum Gasteiger partial charge on any atom is -0.356 e. The fourth-order valence-electron chi connectivity index (χ4n) is 3.17. The van der Waals surface area contributed by atoms with Gasteiger partial charge in [0.25, 0.3) is 0 Å². The molecule has 0 atom stereocenters. The van der Waals surface area contributed by atoms with Crippen LogP contribution in [0.3, 0.4) is 0 Å². The van der Waals surface area contributed by atoms with Gasteiger partial charge in [-0.1, -0.05) is 12.1 Å². The van der Waals surface area contributed by atoms with Gasteiger partial charge in [0.05, 0.1) is 5.52 Å². The third-order valence-corrected chi connectivity index (χ3v) is 4.49. The van der Waals surface area contributed by atoms with E-state index >= 15 is 0 Å². The topological polar surface area (TPSA) is 83.9 Å². The molecule has 7 nitrogen and oxygen atoms in total. The third kappa shape index (κ3) is 3.26. The molecule has 0 radical (unpaired) electrons. The highest BCUT2D eigenvalue weighted by Gasteiger charge is 2.26. The lowest BCUT2D eigenvalue weighted by atomic mass is 9.95. The number of benzene rings is 1. The maximum atomic E-state index is 12.4. The number of nitrogens with zero attached hydrogens (tertiary/aromatic N) is 5. The second-order valence-corrected chi connectivity index (χ2v) is 6.04. The largest absolute Gasteiger partial charge is 0.356 e. The molecular formula is C18H18N6O. The maximum Gasteiger partial charge on any atom is 0.229 e. The van der Waals surface area contributed by atoms with Crippen LogP contribution in [0.2, 0.25) is 0 Å². The molecule has 1 amide bonds. The van der Waals surface area contributed by atoms with Crippen molar-refractivity contribution in [1.29, 1.82) is 0 Å². The van der Waals surface area contributed by atoms with Crippen molar-refractivity contribution in [1.82, 2.24) is 19.9 Å². The highest BCUT2D eigenvalue weighted by molar-refractivity contribution is 5.92. The van der Waals surface area contributed by atoms with Crippen LogP contribution >= 0.6 is 0 Å². The van der Waals surface area contributed by atoms with Gasteiger partial charge in [0.2, 0.25) is 11.9 Å². The van der Waals surface area contributed by atoms with Crippen LogP contribution in [0.15, 0.2) is 49.1 Å². The van der Waals surface area contributed by atoms with Gasteiger partial charge in [0.1, 0.15) is 12.1 Å². The summed E-state index contributed by atoms with van der Waals surface area (Å²) >= 11 is 0. The molecular weight excluding hydrogens is 316 g/mol. The molecule has 1 N–H and O–H groups in total. The smallest absolute Gasteiger partial charge is 0.229 e. The van der Waals surface area contributed by atoms with E-state index in [1.807, 2.05) is 24.3 Å². The summed E-state index contributed by atoms with van der Waals surface area (Å²) < 4.78 is 0. The Balaban J connectivity index is 1.43. The monoisotopic (exact) mass is 334 g/mol. The second kappa shape index (κ2) is 6.80. The Morgan fingerprint density at radius 1 is 1.00 bits per heavy atom. The van der Waals surface area contributed by atoms with Crippen LogP contribution in [0.25, 0.3) is 10.9 Å². The van der Waals surface area contributed by atoms with E-state index < -0.39 is 0 Å². The van der Waals surface area contributed by atoms with Gasteiger partial charge in [0, 0.05) is 36.8 Å². The minimum absolute atomic E-state index is 0.0154. The van der Waals surface area contributed by atoms with Gasteiger partial charge in [-0.25, -0.2) is 19.9 Å². The lowest BCUT2D eigenvalue weighted by Gasteiger charge is -2.32. The first-order chi connectivity index (χ1) is 12.3. The minimum atomic E-state index is -0.0341. The van der Waals surface area contributed by atoms with Gasteiger partial charge in [-0.05, 0) is 31.0 Å². The van der Waals surface area contributed by atoms with Crippen LogP contribution in [0.4, 0.5) is 11.8 Å². The van der Waals surface area contributed by atoms with Crippen LogP contribution in [-0.2, 0) is 4.79 Å². The van der Waals surface area contributed by atoms with E-state index in [0.717, 1.165) is 42.7 Å². The number of amides is 1. The van der Waals surface area contributed by atoms with Crippen molar-refractivity contribution < 1.29 is 4.79 Å². The molecule has 4 rings (SSSR count). The normalized spacial score (nSPS) is 15.3. The van der Waals surface area contributed by atoms with Crippen molar-refractivity contribution in [2.75, 3.05) is 23.3 Å². The molecule has 0 spiro atoms. The number of aromatic nitrogens is 4. The Bertz CT molecular complexity index is 872. The Morgan fingerprint density at radius 3 is 2.56 bits per heavy atom. The zero-order valence-electron chi connectivity index (χ0n) is 13.7. The van der Waals surface area contributed by atoms with Crippen LogP contribution in [0.5, 0.6) is 0 Å². The summed E-state index contributed by atoms with van der Waals surface area (Å²) in [5, 5.41) is 3.84. The lowest BCUT2D eigenvalue weighted by molar-refractivity contribution is -0.120. The van der Waals surface area contributed by atoms with Gasteiger partial charge in [-0.3, -0.25) is 10.1 Å². The summed E-state index contributed by atoms with van der Waals surface area (Å²) in [5.74, 6) is 1.25. The first-order valence-electron chi connectivity index (χ1n) is 8.34. The number of hydrogen-bond acceptors (Lipinski definition) is 6. The van der Waals surface area contributed by atoms with E-state index in [2.05, 4.69) is 30.2 Å². The molecule has 7 heteroatoms. The van der Waals surface area contributed by atoms with Crippen molar-refractivity contribution in [3.05, 3.63) is 49.1 Å². The summed E-state index contributed by atoms with van der Waals surface area (Å²) in [4.78, 5) is 31.5. The SMILES string of the molecule is O=C(Nc1ncccn1)C1CCN(c2ncnc3ccccc23)CC1. The fourth-order valence-corrected chi connectivity index (χ4v) is 3.17. The molecule has 126 valence electrons. The van der Waals surface area contributed by atoms with Gasteiger partial charge in [-0.2, -0.15) is 0 Å². The van der Waals surface area contributed by atoms with E-state index in [0.29, 0.717) is 5.95 Å². The van der Waals surface area contributed by atoms with Gasteiger partial charge in [-0.15, -0.1) is 0 Å². The Kier molecular flexibility index (Phi) is 4.20. The molecule has 0 saturated carbocycles. The molecule has 0 aliphatic carbocycles. The molecule has 3 heterocycles. The molecule has 3 aromatic rings. The molecule has 1 aromatic carbocycles. The number of hydrogen-bond donors (Lipinski definition) is 1. The van der Waals surface area contributed by atoms with Gasteiger partial charge in [0.15, 0.2) is 0 Å². The van der Waals surface area contributed by atoms with Gasteiger partial charge >= 0.3 is 0 Å². The maximum absolute atomic E-state index is 12.4. The Labute approximate surface area is 145 Å². The van der Waals surface area contributed by atoms with Crippen LogP contribution < -0.4 is 10.2 Å². The van der Waals surface area contributed by atoms with Gasteiger partial charge < -0.3 is 4.90 Å². The van der Waals surface area contributed by atoms with Crippen molar-refractivity contribution in [2.24, 2.45) is 5.92 Å². The molecule has 0 unspecified atom stereocenters. The third-order valence-electron chi connectivity index (χ3n) is 4.49.